The molecule has 1 atom stereocenters. The zero-order valence-corrected chi connectivity index (χ0v) is 17.7. The number of pyridine rings is 1. The molecule has 0 unspecified atom stereocenters. The zero-order chi connectivity index (χ0) is 21.0. The van der Waals surface area contributed by atoms with Gasteiger partial charge in [0.2, 0.25) is 5.95 Å². The SMILES string of the molecule is CCCc1c([C@H]2CCOC(C)(C)C2)nc(N)c(C#N)c1-c1cnc(NCC)nc1. The molecule has 1 aliphatic rings. The molecule has 0 spiro atoms. The Morgan fingerprint density at radius 3 is 2.62 bits per heavy atom. The highest BCUT2D eigenvalue weighted by molar-refractivity contribution is 5.78. The normalized spacial score (nSPS) is 18.2. The summed E-state index contributed by atoms with van der Waals surface area (Å²) in [5, 5.41) is 12.9. The Morgan fingerprint density at radius 2 is 2.03 bits per heavy atom. The van der Waals surface area contributed by atoms with Crippen molar-refractivity contribution in [3.8, 4) is 17.2 Å². The summed E-state index contributed by atoms with van der Waals surface area (Å²) in [6, 6.07) is 2.26. The molecule has 1 fully saturated rings. The van der Waals surface area contributed by atoms with Crippen molar-refractivity contribution in [1.29, 1.82) is 5.26 Å². The van der Waals surface area contributed by atoms with Crippen molar-refractivity contribution in [2.75, 3.05) is 24.2 Å². The lowest BCUT2D eigenvalue weighted by molar-refractivity contribution is -0.0598. The first-order valence-corrected chi connectivity index (χ1v) is 10.3. The summed E-state index contributed by atoms with van der Waals surface area (Å²) in [4.78, 5) is 13.5. The third kappa shape index (κ3) is 4.48. The number of nitriles is 1. The van der Waals surface area contributed by atoms with Crippen LogP contribution in [0.1, 0.15) is 69.7 Å². The van der Waals surface area contributed by atoms with Gasteiger partial charge in [-0.05, 0) is 45.6 Å². The molecule has 0 amide bonds. The van der Waals surface area contributed by atoms with E-state index < -0.39 is 0 Å². The summed E-state index contributed by atoms with van der Waals surface area (Å²) in [6.45, 7) is 9.79. The van der Waals surface area contributed by atoms with Gasteiger partial charge in [0.1, 0.15) is 17.5 Å². The van der Waals surface area contributed by atoms with Crippen LogP contribution in [0.2, 0.25) is 0 Å². The predicted octanol–water partition coefficient (Wildman–Crippen LogP) is 4.05. The fourth-order valence-electron chi connectivity index (χ4n) is 4.10. The maximum absolute atomic E-state index is 9.83. The Labute approximate surface area is 172 Å². The van der Waals surface area contributed by atoms with E-state index in [4.69, 9.17) is 15.5 Å². The summed E-state index contributed by atoms with van der Waals surface area (Å²) >= 11 is 0. The van der Waals surface area contributed by atoms with Gasteiger partial charge in [-0.1, -0.05) is 13.3 Å². The van der Waals surface area contributed by atoms with Crippen LogP contribution < -0.4 is 11.1 Å². The average Bonchev–Trinajstić information content (AvgIpc) is 2.69. The minimum Gasteiger partial charge on any atom is -0.383 e. The Kier molecular flexibility index (Phi) is 6.33. The van der Waals surface area contributed by atoms with Crippen LogP contribution in [-0.4, -0.2) is 33.7 Å². The van der Waals surface area contributed by atoms with Gasteiger partial charge in [0.15, 0.2) is 0 Å². The van der Waals surface area contributed by atoms with Gasteiger partial charge in [-0.25, -0.2) is 15.0 Å². The minimum absolute atomic E-state index is 0.201. The Morgan fingerprint density at radius 1 is 1.31 bits per heavy atom. The zero-order valence-electron chi connectivity index (χ0n) is 17.7. The van der Waals surface area contributed by atoms with Gasteiger partial charge in [-0.2, -0.15) is 5.26 Å². The van der Waals surface area contributed by atoms with E-state index in [2.05, 4.69) is 42.1 Å². The van der Waals surface area contributed by atoms with Crippen LogP contribution in [0.15, 0.2) is 12.4 Å². The maximum atomic E-state index is 9.83. The summed E-state index contributed by atoms with van der Waals surface area (Å²) in [6.07, 6.45) is 7.05. The number of nitrogens with one attached hydrogen (secondary N) is 1. The molecule has 0 aliphatic carbocycles. The van der Waals surface area contributed by atoms with E-state index >= 15 is 0 Å². The van der Waals surface area contributed by atoms with Crippen LogP contribution >= 0.6 is 0 Å². The third-order valence-electron chi connectivity index (χ3n) is 5.33. The molecule has 0 radical (unpaired) electrons. The Balaban J connectivity index is 2.17. The van der Waals surface area contributed by atoms with Crippen molar-refractivity contribution in [2.24, 2.45) is 0 Å². The molecule has 1 aliphatic heterocycles. The number of nitrogens with two attached hydrogens (primary N) is 1. The molecule has 7 nitrogen and oxygen atoms in total. The summed E-state index contributed by atoms with van der Waals surface area (Å²) in [5.74, 6) is 1.09. The van der Waals surface area contributed by atoms with Gasteiger partial charge in [0.05, 0.1) is 5.60 Å². The fourth-order valence-corrected chi connectivity index (χ4v) is 4.10. The number of nitrogens with zero attached hydrogens (tertiary/aromatic N) is 4. The van der Waals surface area contributed by atoms with Gasteiger partial charge >= 0.3 is 0 Å². The van der Waals surface area contributed by atoms with Crippen molar-refractivity contribution in [3.05, 3.63) is 29.2 Å². The van der Waals surface area contributed by atoms with E-state index in [-0.39, 0.29) is 17.3 Å². The quantitative estimate of drug-likeness (QED) is 0.760. The summed E-state index contributed by atoms with van der Waals surface area (Å²) in [5.41, 5.74) is 10.2. The highest BCUT2D eigenvalue weighted by atomic mass is 16.5. The predicted molar refractivity (Wildman–Crippen MR) is 115 cm³/mol. The van der Waals surface area contributed by atoms with Crippen molar-refractivity contribution in [3.63, 3.8) is 0 Å². The van der Waals surface area contributed by atoms with Gasteiger partial charge in [0, 0.05) is 48.3 Å². The average molecular weight is 395 g/mol. The molecule has 2 aromatic heterocycles. The molecule has 0 bridgehead atoms. The molecule has 3 heterocycles. The van der Waals surface area contributed by atoms with Crippen LogP contribution in [0, 0.1) is 11.3 Å². The van der Waals surface area contributed by atoms with Crippen LogP contribution in [0.5, 0.6) is 0 Å². The highest BCUT2D eigenvalue weighted by Crippen LogP contribution is 2.41. The molecule has 0 saturated carbocycles. The van der Waals surface area contributed by atoms with Gasteiger partial charge in [-0.3, -0.25) is 0 Å². The van der Waals surface area contributed by atoms with Crippen molar-refractivity contribution in [2.45, 2.75) is 64.9 Å². The van der Waals surface area contributed by atoms with E-state index in [0.717, 1.165) is 54.6 Å². The molecule has 3 rings (SSSR count). The molecule has 29 heavy (non-hydrogen) atoms. The first-order valence-electron chi connectivity index (χ1n) is 10.3. The fraction of sp³-hybridized carbons (Fsp3) is 0.545. The molecular weight excluding hydrogens is 364 g/mol. The first-order chi connectivity index (χ1) is 13.9. The summed E-state index contributed by atoms with van der Waals surface area (Å²) < 4.78 is 5.90. The lowest BCUT2D eigenvalue weighted by atomic mass is 9.81. The van der Waals surface area contributed by atoms with Crippen LogP contribution in [0.3, 0.4) is 0 Å². The molecule has 0 aromatic carbocycles. The molecule has 1 saturated heterocycles. The highest BCUT2D eigenvalue weighted by Gasteiger charge is 2.33. The van der Waals surface area contributed by atoms with E-state index in [0.29, 0.717) is 18.1 Å². The number of nitrogen functional groups attached to an aromatic ring is 1. The van der Waals surface area contributed by atoms with Crippen LogP contribution in [0.25, 0.3) is 11.1 Å². The number of rotatable bonds is 6. The second-order valence-electron chi connectivity index (χ2n) is 8.10. The largest absolute Gasteiger partial charge is 0.383 e. The maximum Gasteiger partial charge on any atom is 0.222 e. The van der Waals surface area contributed by atoms with E-state index in [1.54, 1.807) is 12.4 Å². The number of hydrogen-bond donors (Lipinski definition) is 2. The smallest absolute Gasteiger partial charge is 0.222 e. The molecule has 7 heteroatoms. The second kappa shape index (κ2) is 8.75. The Bertz CT molecular complexity index is 901. The summed E-state index contributed by atoms with van der Waals surface area (Å²) in [7, 11) is 0. The minimum atomic E-state index is -0.201. The van der Waals surface area contributed by atoms with Gasteiger partial charge < -0.3 is 15.8 Å². The van der Waals surface area contributed by atoms with E-state index in [1.807, 2.05) is 6.92 Å². The Hall–Kier alpha value is -2.72. The molecular formula is C22H30N6O. The van der Waals surface area contributed by atoms with E-state index in [1.165, 1.54) is 0 Å². The van der Waals surface area contributed by atoms with E-state index in [9.17, 15) is 5.26 Å². The van der Waals surface area contributed by atoms with Gasteiger partial charge in [-0.15, -0.1) is 0 Å². The standard InChI is InChI=1S/C22H30N6O/c1-5-7-16-18(15-12-26-21(25-6-2)27-13-15)17(11-23)20(24)28-19(16)14-8-9-29-22(3,4)10-14/h12-14H,5-10H2,1-4H3,(H2,24,28)(H,25,26,27)/t14-/m0/s1. The van der Waals surface area contributed by atoms with Crippen molar-refractivity contribution >= 4 is 11.8 Å². The number of anilines is 2. The molecule has 3 N–H and O–H groups in total. The topological polar surface area (TPSA) is 110 Å². The van der Waals surface area contributed by atoms with Crippen molar-refractivity contribution in [1.82, 2.24) is 15.0 Å². The van der Waals surface area contributed by atoms with Crippen LogP contribution in [-0.2, 0) is 11.2 Å². The number of aromatic nitrogens is 3. The lowest BCUT2D eigenvalue weighted by Gasteiger charge is -2.36. The number of ether oxygens (including phenoxy) is 1. The second-order valence-corrected chi connectivity index (χ2v) is 8.10. The monoisotopic (exact) mass is 394 g/mol. The van der Waals surface area contributed by atoms with Crippen LogP contribution in [0.4, 0.5) is 11.8 Å². The molecule has 154 valence electrons. The lowest BCUT2D eigenvalue weighted by Crippen LogP contribution is -2.33. The van der Waals surface area contributed by atoms with Gasteiger partial charge in [0.25, 0.3) is 0 Å². The molecule has 2 aromatic rings. The van der Waals surface area contributed by atoms with Crippen molar-refractivity contribution < 1.29 is 4.74 Å². The first kappa shape index (κ1) is 21.0. The third-order valence-corrected chi connectivity index (χ3v) is 5.33. The number of hydrogen-bond acceptors (Lipinski definition) is 7.